The number of benzene rings is 1. The van der Waals surface area contributed by atoms with Gasteiger partial charge in [0.15, 0.2) is 0 Å². The Bertz CT molecular complexity index is 860. The second-order valence-electron chi connectivity index (χ2n) is 6.31. The Morgan fingerprint density at radius 1 is 1.15 bits per heavy atom. The average molecular weight is 348 g/mol. The Hall–Kier alpha value is -3.22. The maximum Gasteiger partial charge on any atom is 0.250 e. The SMILES string of the molecule is O=C(CNc1cnn(-c2ncccn2)c1)N(Cc1ccccc1)C1CC1. The third kappa shape index (κ3) is 3.88. The van der Waals surface area contributed by atoms with E-state index < -0.39 is 0 Å². The normalized spacial score (nSPS) is 13.4. The predicted octanol–water partition coefficient (Wildman–Crippen LogP) is 2.27. The smallest absolute Gasteiger partial charge is 0.250 e. The van der Waals surface area contributed by atoms with Gasteiger partial charge in [-0.1, -0.05) is 30.3 Å². The van der Waals surface area contributed by atoms with Crippen LogP contribution in [0.3, 0.4) is 0 Å². The summed E-state index contributed by atoms with van der Waals surface area (Å²) in [5.74, 6) is 0.593. The number of hydrogen-bond donors (Lipinski definition) is 1. The quantitative estimate of drug-likeness (QED) is 0.709. The summed E-state index contributed by atoms with van der Waals surface area (Å²) in [6, 6.07) is 12.2. The fourth-order valence-corrected chi connectivity index (χ4v) is 2.80. The molecule has 0 atom stereocenters. The van der Waals surface area contributed by atoms with Gasteiger partial charge in [0.2, 0.25) is 11.9 Å². The van der Waals surface area contributed by atoms with Crippen LogP contribution in [0.1, 0.15) is 18.4 Å². The van der Waals surface area contributed by atoms with Crippen LogP contribution in [0.4, 0.5) is 5.69 Å². The van der Waals surface area contributed by atoms with Crippen LogP contribution >= 0.6 is 0 Å². The summed E-state index contributed by atoms with van der Waals surface area (Å²) in [5, 5.41) is 7.38. The second kappa shape index (κ2) is 7.35. The Morgan fingerprint density at radius 3 is 2.65 bits per heavy atom. The zero-order valence-corrected chi connectivity index (χ0v) is 14.3. The number of hydrogen-bond acceptors (Lipinski definition) is 5. The lowest BCUT2D eigenvalue weighted by molar-refractivity contribution is -0.130. The highest BCUT2D eigenvalue weighted by atomic mass is 16.2. The third-order valence-electron chi connectivity index (χ3n) is 4.29. The van der Waals surface area contributed by atoms with Gasteiger partial charge in [0.25, 0.3) is 0 Å². The summed E-state index contributed by atoms with van der Waals surface area (Å²) in [7, 11) is 0. The average Bonchev–Trinajstić information content (AvgIpc) is 3.42. The van der Waals surface area contributed by atoms with Crippen molar-refractivity contribution in [1.82, 2.24) is 24.6 Å². The molecule has 0 saturated heterocycles. The van der Waals surface area contributed by atoms with Gasteiger partial charge in [0, 0.05) is 25.0 Å². The molecule has 1 aliphatic rings. The van der Waals surface area contributed by atoms with E-state index in [-0.39, 0.29) is 12.5 Å². The zero-order valence-electron chi connectivity index (χ0n) is 14.3. The summed E-state index contributed by atoms with van der Waals surface area (Å²) >= 11 is 0. The van der Waals surface area contributed by atoms with Crippen LogP contribution in [0, 0.1) is 0 Å². The molecule has 1 aliphatic carbocycles. The van der Waals surface area contributed by atoms with Crippen LogP contribution in [0.5, 0.6) is 0 Å². The number of carbonyl (C=O) groups is 1. The van der Waals surface area contributed by atoms with Crippen molar-refractivity contribution in [3.05, 3.63) is 66.7 Å². The minimum Gasteiger partial charge on any atom is -0.374 e. The van der Waals surface area contributed by atoms with Crippen molar-refractivity contribution in [2.75, 3.05) is 11.9 Å². The van der Waals surface area contributed by atoms with E-state index in [4.69, 9.17) is 0 Å². The lowest BCUT2D eigenvalue weighted by atomic mass is 10.2. The molecule has 1 saturated carbocycles. The van der Waals surface area contributed by atoms with Gasteiger partial charge in [-0.3, -0.25) is 4.79 Å². The number of amides is 1. The summed E-state index contributed by atoms with van der Waals surface area (Å²) < 4.78 is 1.58. The van der Waals surface area contributed by atoms with E-state index in [1.807, 2.05) is 23.1 Å². The maximum absolute atomic E-state index is 12.7. The van der Waals surface area contributed by atoms with E-state index in [0.29, 0.717) is 18.5 Å². The third-order valence-corrected chi connectivity index (χ3v) is 4.29. The van der Waals surface area contributed by atoms with E-state index in [0.717, 1.165) is 24.1 Å². The van der Waals surface area contributed by atoms with Gasteiger partial charge in [-0.05, 0) is 24.5 Å². The molecule has 26 heavy (non-hydrogen) atoms. The molecular weight excluding hydrogens is 328 g/mol. The first-order chi connectivity index (χ1) is 12.8. The molecule has 4 rings (SSSR count). The largest absolute Gasteiger partial charge is 0.374 e. The molecule has 0 bridgehead atoms. The summed E-state index contributed by atoms with van der Waals surface area (Å²) in [6.45, 7) is 0.897. The number of aromatic nitrogens is 4. The van der Waals surface area contributed by atoms with Crippen molar-refractivity contribution in [3.63, 3.8) is 0 Å². The minimum atomic E-state index is 0.0973. The molecular formula is C19H20N6O. The van der Waals surface area contributed by atoms with Crippen LogP contribution in [0.25, 0.3) is 5.95 Å². The standard InChI is InChI=1S/C19H20N6O/c26-18(24(17-7-8-17)13-15-5-2-1-3-6-15)12-22-16-11-23-25(14-16)19-20-9-4-10-21-19/h1-6,9-11,14,17,22H,7-8,12-13H2. The lowest BCUT2D eigenvalue weighted by Crippen LogP contribution is -2.36. The number of nitrogens with zero attached hydrogens (tertiary/aromatic N) is 5. The van der Waals surface area contributed by atoms with Gasteiger partial charge < -0.3 is 10.2 Å². The van der Waals surface area contributed by atoms with Gasteiger partial charge in [-0.25, -0.2) is 14.6 Å². The molecule has 3 aromatic rings. The fraction of sp³-hybridized carbons (Fsp3) is 0.263. The number of anilines is 1. The lowest BCUT2D eigenvalue weighted by Gasteiger charge is -2.23. The van der Waals surface area contributed by atoms with E-state index >= 15 is 0 Å². The van der Waals surface area contributed by atoms with Crippen LogP contribution in [-0.2, 0) is 11.3 Å². The van der Waals surface area contributed by atoms with Crippen LogP contribution in [-0.4, -0.2) is 43.1 Å². The second-order valence-corrected chi connectivity index (χ2v) is 6.31. The van der Waals surface area contributed by atoms with Gasteiger partial charge in [-0.15, -0.1) is 0 Å². The predicted molar refractivity (Wildman–Crippen MR) is 97.7 cm³/mol. The highest BCUT2D eigenvalue weighted by Gasteiger charge is 2.32. The topological polar surface area (TPSA) is 75.9 Å². The molecule has 1 aromatic carbocycles. The number of nitrogens with one attached hydrogen (secondary N) is 1. The van der Waals surface area contributed by atoms with Gasteiger partial charge >= 0.3 is 0 Å². The van der Waals surface area contributed by atoms with E-state index in [1.165, 1.54) is 0 Å². The number of rotatable bonds is 7. The van der Waals surface area contributed by atoms with Gasteiger partial charge in [0.1, 0.15) is 0 Å². The van der Waals surface area contributed by atoms with E-state index in [9.17, 15) is 4.79 Å². The monoisotopic (exact) mass is 348 g/mol. The molecule has 2 heterocycles. The molecule has 1 amide bonds. The maximum atomic E-state index is 12.7. The Balaban J connectivity index is 1.37. The molecule has 2 aromatic heterocycles. The fourth-order valence-electron chi connectivity index (χ4n) is 2.80. The molecule has 0 unspecified atom stereocenters. The molecule has 1 N–H and O–H groups in total. The van der Waals surface area contributed by atoms with Crippen LogP contribution in [0.15, 0.2) is 61.2 Å². The number of carbonyl (C=O) groups excluding carboxylic acids is 1. The van der Waals surface area contributed by atoms with Crippen molar-refractivity contribution < 1.29 is 4.79 Å². The molecule has 7 heteroatoms. The van der Waals surface area contributed by atoms with Crippen molar-refractivity contribution >= 4 is 11.6 Å². The van der Waals surface area contributed by atoms with Crippen molar-refractivity contribution in [3.8, 4) is 5.95 Å². The Kier molecular flexibility index (Phi) is 4.59. The molecule has 7 nitrogen and oxygen atoms in total. The molecule has 0 spiro atoms. The van der Waals surface area contributed by atoms with E-state index in [2.05, 4.69) is 32.5 Å². The van der Waals surface area contributed by atoms with E-state index in [1.54, 1.807) is 35.5 Å². The molecule has 0 radical (unpaired) electrons. The molecule has 132 valence electrons. The first-order valence-electron chi connectivity index (χ1n) is 8.69. The molecule has 1 fully saturated rings. The Morgan fingerprint density at radius 2 is 1.92 bits per heavy atom. The summed E-state index contributed by atoms with van der Waals surface area (Å²) in [5.41, 5.74) is 1.92. The first-order valence-corrected chi connectivity index (χ1v) is 8.69. The minimum absolute atomic E-state index is 0.0973. The van der Waals surface area contributed by atoms with Crippen molar-refractivity contribution in [2.45, 2.75) is 25.4 Å². The highest BCUT2D eigenvalue weighted by molar-refractivity contribution is 5.81. The summed E-state index contributed by atoms with van der Waals surface area (Å²) in [4.78, 5) is 23.0. The zero-order chi connectivity index (χ0) is 17.8. The molecule has 0 aliphatic heterocycles. The van der Waals surface area contributed by atoms with Crippen molar-refractivity contribution in [1.29, 1.82) is 0 Å². The van der Waals surface area contributed by atoms with Gasteiger partial charge in [0.05, 0.1) is 24.6 Å². The Labute approximate surface area is 151 Å². The van der Waals surface area contributed by atoms with Crippen LogP contribution in [0.2, 0.25) is 0 Å². The van der Waals surface area contributed by atoms with Gasteiger partial charge in [-0.2, -0.15) is 5.10 Å². The highest BCUT2D eigenvalue weighted by Crippen LogP contribution is 2.28. The van der Waals surface area contributed by atoms with Crippen LogP contribution < -0.4 is 5.32 Å². The first kappa shape index (κ1) is 16.3. The summed E-state index contributed by atoms with van der Waals surface area (Å²) in [6.07, 6.45) is 8.95. The van der Waals surface area contributed by atoms with Crippen molar-refractivity contribution in [2.24, 2.45) is 0 Å².